The number of nitrogens with one attached hydrogen (secondary N) is 1. The zero-order valence-electron chi connectivity index (χ0n) is 20.8. The van der Waals surface area contributed by atoms with Gasteiger partial charge < -0.3 is 19.4 Å². The van der Waals surface area contributed by atoms with Crippen LogP contribution in [0.2, 0.25) is 0 Å². The standard InChI is InChI=1S/C22H15F5N6O2.C2HF3O2/c23-13-2-3-14-17(8-13)33(28-9-18(14)34)10-12-1-4-16(24)15(7-12)20(35)31-5-6-32-19(11-31)29-30-21(32)22(25,26)27;3-2(4,5)1(6)7/h1-4,7-9H,5-6,10-11H2;(H,6,7). The number of alkyl halides is 6. The molecule has 1 amide bonds. The third-order valence-corrected chi connectivity index (χ3v) is 6.05. The van der Waals surface area contributed by atoms with E-state index in [1.165, 1.54) is 35.2 Å². The summed E-state index contributed by atoms with van der Waals surface area (Å²) < 4.78 is 100.0. The lowest BCUT2D eigenvalue weighted by molar-refractivity contribution is -0.854. The average molecular weight is 604 g/mol. The van der Waals surface area contributed by atoms with Gasteiger partial charge in [-0.25, -0.2) is 8.78 Å². The summed E-state index contributed by atoms with van der Waals surface area (Å²) >= 11 is 0. The molecule has 0 spiro atoms. The molecule has 5 rings (SSSR count). The van der Waals surface area contributed by atoms with Gasteiger partial charge in [-0.15, -0.1) is 10.2 Å². The minimum absolute atomic E-state index is 0.0520. The summed E-state index contributed by atoms with van der Waals surface area (Å²) in [7, 11) is 0. The van der Waals surface area contributed by atoms with Gasteiger partial charge >= 0.3 is 12.4 Å². The first-order valence-electron chi connectivity index (χ1n) is 11.7. The number of rotatable bonds is 3. The summed E-state index contributed by atoms with van der Waals surface area (Å²) in [4.78, 5) is 35.1. The van der Waals surface area contributed by atoms with Crippen LogP contribution in [0, 0.1) is 11.6 Å². The number of nitrogens with zero attached hydrogens (tertiary/aromatic N) is 5. The molecule has 0 fully saturated rings. The molecule has 0 saturated heterocycles. The number of hydrogen-bond donors (Lipinski definition) is 1. The van der Waals surface area contributed by atoms with E-state index in [0.29, 0.717) is 16.3 Å². The molecule has 1 aromatic heterocycles. The number of fused-ring (bicyclic) bond motifs is 2. The molecule has 1 N–H and O–H groups in total. The van der Waals surface area contributed by atoms with Crippen LogP contribution in [0.15, 0.2) is 41.5 Å². The number of aromatic nitrogens is 3. The van der Waals surface area contributed by atoms with Crippen molar-refractivity contribution in [3.05, 3.63) is 76.4 Å². The Morgan fingerprint density at radius 1 is 0.976 bits per heavy atom. The Kier molecular flexibility index (Phi) is 8.11. The lowest BCUT2D eigenvalue weighted by Gasteiger charge is -2.28. The number of carboxylic acids is 1. The highest BCUT2D eigenvalue weighted by atomic mass is 19.4. The van der Waals surface area contributed by atoms with Gasteiger partial charge in [0.15, 0.2) is 11.5 Å². The van der Waals surface area contributed by atoms with Crippen molar-refractivity contribution < 1.29 is 59.6 Å². The van der Waals surface area contributed by atoms with Gasteiger partial charge in [-0.3, -0.25) is 9.59 Å². The molecule has 3 heterocycles. The van der Waals surface area contributed by atoms with Crippen LogP contribution in [-0.4, -0.2) is 56.3 Å². The molecule has 2 aromatic carbocycles. The molecule has 3 aromatic rings. The van der Waals surface area contributed by atoms with Gasteiger partial charge in [-0.2, -0.15) is 31.4 Å². The molecule has 2 aliphatic rings. The number of hydrogen-bond acceptors (Lipinski definition) is 7. The number of carbonyl (C=O) groups is 3. The summed E-state index contributed by atoms with van der Waals surface area (Å²) in [5.41, 5.74) is 0.796. The van der Waals surface area contributed by atoms with E-state index >= 15 is 0 Å². The van der Waals surface area contributed by atoms with Crippen LogP contribution in [-0.2, 0) is 30.6 Å². The largest absolute Gasteiger partial charge is 0.542 e. The number of Topliss-reactive ketones (excluding diaryl/α,β-unsaturated/α-hetero) is 1. The number of amides is 1. The molecule has 2 aliphatic heterocycles. The third-order valence-electron chi connectivity index (χ3n) is 6.05. The monoisotopic (exact) mass is 604 g/mol. The van der Waals surface area contributed by atoms with Gasteiger partial charge in [0.2, 0.25) is 11.6 Å². The Morgan fingerprint density at radius 2 is 1.67 bits per heavy atom. The summed E-state index contributed by atoms with van der Waals surface area (Å²) in [6.45, 7) is -0.452. The van der Waals surface area contributed by atoms with E-state index in [0.717, 1.165) is 16.8 Å². The quantitative estimate of drug-likeness (QED) is 0.452. The summed E-state index contributed by atoms with van der Waals surface area (Å²) in [6, 6.07) is 7.56. The highest BCUT2D eigenvalue weighted by molar-refractivity contribution is 6.36. The molecule has 18 heteroatoms. The summed E-state index contributed by atoms with van der Waals surface area (Å²) in [5.74, 6) is -6.64. The number of ketones is 1. The van der Waals surface area contributed by atoms with E-state index in [1.54, 1.807) is 0 Å². The Labute approximate surface area is 229 Å². The van der Waals surface area contributed by atoms with Crippen LogP contribution in [0.4, 0.5) is 40.8 Å². The maximum Gasteiger partial charge on any atom is 0.451 e. The van der Waals surface area contributed by atoms with Gasteiger partial charge in [0.1, 0.15) is 30.4 Å². The van der Waals surface area contributed by atoms with Crippen LogP contribution in [0.5, 0.6) is 0 Å². The Hall–Kier alpha value is -4.74. The fraction of sp³-hybridized carbons (Fsp3) is 0.250. The number of carbonyl (C=O) groups excluding carboxylic acids is 3. The second-order valence-corrected chi connectivity index (χ2v) is 8.85. The van der Waals surface area contributed by atoms with E-state index < -0.39 is 41.7 Å². The van der Waals surface area contributed by atoms with Crippen molar-refractivity contribution >= 4 is 29.6 Å². The SMILES string of the molecule is O=C([O-])C(F)(F)F.O=C1C=N[NH+](Cc2ccc(F)c(C(=O)N3CCn4c(nnc4C(F)(F)F)C3)c2)c2cc(F)ccc21. The molecule has 0 bridgehead atoms. The van der Waals surface area contributed by atoms with E-state index in [9.17, 15) is 44.7 Å². The predicted octanol–water partition coefficient (Wildman–Crippen LogP) is 1.43. The molecule has 0 saturated carbocycles. The molecule has 0 aliphatic carbocycles. The smallest absolute Gasteiger partial charge is 0.451 e. The number of carboxylic acid groups (broad SMARTS) is 1. The summed E-state index contributed by atoms with van der Waals surface area (Å²) in [5, 5.41) is 20.0. The van der Waals surface area contributed by atoms with Crippen LogP contribution in [0.3, 0.4) is 0 Å². The van der Waals surface area contributed by atoms with Crippen molar-refractivity contribution in [3.63, 3.8) is 0 Å². The highest BCUT2D eigenvalue weighted by Crippen LogP contribution is 2.30. The van der Waals surface area contributed by atoms with Gasteiger partial charge in [0.05, 0.1) is 17.7 Å². The lowest BCUT2D eigenvalue weighted by atomic mass is 10.1. The predicted molar refractivity (Wildman–Crippen MR) is 121 cm³/mol. The van der Waals surface area contributed by atoms with Crippen molar-refractivity contribution in [2.24, 2.45) is 5.10 Å². The minimum Gasteiger partial charge on any atom is -0.542 e. The molecule has 0 radical (unpaired) electrons. The van der Waals surface area contributed by atoms with Crippen molar-refractivity contribution in [2.75, 3.05) is 6.54 Å². The number of aliphatic carboxylic acids is 1. The second kappa shape index (κ2) is 11.3. The fourth-order valence-corrected chi connectivity index (χ4v) is 4.14. The molecule has 1 atom stereocenters. The molecular formula is C24H16F8N6O4. The molecule has 42 heavy (non-hydrogen) atoms. The van der Waals surface area contributed by atoms with E-state index in [4.69, 9.17) is 9.90 Å². The zero-order chi connectivity index (χ0) is 31.0. The Balaban J connectivity index is 0.000000517. The van der Waals surface area contributed by atoms with Crippen molar-refractivity contribution in [3.8, 4) is 0 Å². The second-order valence-electron chi connectivity index (χ2n) is 8.85. The van der Waals surface area contributed by atoms with Crippen molar-refractivity contribution in [2.45, 2.75) is 32.0 Å². The van der Waals surface area contributed by atoms with Crippen LogP contribution < -0.4 is 10.1 Å². The molecule has 222 valence electrons. The molecule has 10 nitrogen and oxygen atoms in total. The Morgan fingerprint density at radius 3 is 2.31 bits per heavy atom. The average Bonchev–Trinajstić information content (AvgIpc) is 3.35. The first kappa shape index (κ1) is 30.2. The lowest BCUT2D eigenvalue weighted by Crippen LogP contribution is -3.02. The normalized spacial score (nSPS) is 16.3. The van der Waals surface area contributed by atoms with E-state index in [-0.39, 0.29) is 48.9 Å². The van der Waals surface area contributed by atoms with E-state index in [2.05, 4.69) is 15.3 Å². The maximum atomic E-state index is 14.6. The first-order chi connectivity index (χ1) is 19.6. The molecule has 1 unspecified atom stereocenters. The topological polar surface area (TPSA) is 125 Å². The molecular weight excluding hydrogens is 588 g/mol. The van der Waals surface area contributed by atoms with Crippen molar-refractivity contribution in [1.82, 2.24) is 19.7 Å². The third kappa shape index (κ3) is 6.42. The highest BCUT2D eigenvalue weighted by Gasteiger charge is 2.40. The zero-order valence-corrected chi connectivity index (χ0v) is 20.8. The van der Waals surface area contributed by atoms with Gasteiger partial charge in [0.25, 0.3) is 5.91 Å². The maximum absolute atomic E-state index is 14.6. The van der Waals surface area contributed by atoms with Crippen LogP contribution >= 0.6 is 0 Å². The van der Waals surface area contributed by atoms with Crippen LogP contribution in [0.1, 0.15) is 37.9 Å². The van der Waals surface area contributed by atoms with Crippen LogP contribution in [0.25, 0.3) is 0 Å². The first-order valence-corrected chi connectivity index (χ1v) is 11.7. The fourth-order valence-electron chi connectivity index (χ4n) is 4.14. The van der Waals surface area contributed by atoms with Gasteiger partial charge in [-0.05, 0) is 24.3 Å². The number of halogens is 8. The minimum atomic E-state index is -5.19. The van der Waals surface area contributed by atoms with E-state index in [1.807, 2.05) is 0 Å². The summed E-state index contributed by atoms with van der Waals surface area (Å²) in [6.07, 6.45) is -8.76. The van der Waals surface area contributed by atoms with Crippen molar-refractivity contribution in [1.29, 1.82) is 0 Å². The van der Waals surface area contributed by atoms with Gasteiger partial charge in [-0.1, -0.05) is 11.2 Å². The Bertz CT molecular complexity index is 1580. The number of benzene rings is 2. The van der Waals surface area contributed by atoms with Gasteiger partial charge in [0, 0.05) is 24.7 Å². The number of quaternary nitrogens is 1.